The van der Waals surface area contributed by atoms with E-state index in [2.05, 4.69) is 21.6 Å². The van der Waals surface area contributed by atoms with Crippen molar-refractivity contribution in [1.29, 1.82) is 0 Å². The Kier molecular flexibility index (Phi) is 4.26. The van der Waals surface area contributed by atoms with E-state index >= 15 is 0 Å². The maximum Gasteiger partial charge on any atom is 0.231 e. The second-order valence-electron chi connectivity index (χ2n) is 6.97. The molecule has 1 fully saturated rings. The van der Waals surface area contributed by atoms with Crippen LogP contribution >= 0.6 is 0 Å². The van der Waals surface area contributed by atoms with Gasteiger partial charge in [0, 0.05) is 19.3 Å². The number of para-hydroxylation sites is 2. The van der Waals surface area contributed by atoms with Crippen molar-refractivity contribution in [2.24, 2.45) is 4.99 Å². The van der Waals surface area contributed by atoms with Crippen LogP contribution in [0.5, 0.6) is 11.5 Å². The second kappa shape index (κ2) is 7.04. The van der Waals surface area contributed by atoms with Crippen LogP contribution in [0, 0.1) is 0 Å². The van der Waals surface area contributed by atoms with Crippen molar-refractivity contribution in [2.45, 2.75) is 19.4 Å². The minimum Gasteiger partial charge on any atom is -0.454 e. The molecule has 2 aromatic carbocycles. The van der Waals surface area contributed by atoms with Crippen molar-refractivity contribution in [3.8, 4) is 11.5 Å². The van der Waals surface area contributed by atoms with Crippen LogP contribution in [0.1, 0.15) is 18.4 Å². The van der Waals surface area contributed by atoms with Gasteiger partial charge >= 0.3 is 0 Å². The molecule has 0 unspecified atom stereocenters. The van der Waals surface area contributed by atoms with Crippen LogP contribution in [-0.4, -0.2) is 47.1 Å². The highest BCUT2D eigenvalue weighted by Gasteiger charge is 2.15. The average molecular weight is 362 g/mol. The fourth-order valence-corrected chi connectivity index (χ4v) is 3.76. The SMILES string of the molecule is C(=N\c1nc2ccccc2n1CCN1CCCC1)/c1ccc2c(c1)OCO2. The quantitative estimate of drug-likeness (QED) is 0.651. The summed E-state index contributed by atoms with van der Waals surface area (Å²) in [6.45, 7) is 4.61. The minimum atomic E-state index is 0.280. The highest BCUT2D eigenvalue weighted by Crippen LogP contribution is 2.32. The Morgan fingerprint density at radius 2 is 1.85 bits per heavy atom. The standard InChI is InChI=1S/C21H22N4O2/c1-2-6-18-17(5-1)23-21(25(18)12-11-24-9-3-4-10-24)22-14-16-7-8-19-20(13-16)27-15-26-19/h1-2,5-8,13-14H,3-4,9-12,15H2/b22-14+. The predicted octanol–water partition coefficient (Wildman–Crippen LogP) is 3.61. The Hall–Kier alpha value is -2.86. The lowest BCUT2D eigenvalue weighted by molar-refractivity contribution is 0.174. The monoisotopic (exact) mass is 362 g/mol. The number of likely N-dealkylation sites (tertiary alicyclic amines) is 1. The van der Waals surface area contributed by atoms with E-state index < -0.39 is 0 Å². The summed E-state index contributed by atoms with van der Waals surface area (Å²) in [5, 5.41) is 0. The molecule has 6 heteroatoms. The van der Waals surface area contributed by atoms with E-state index in [1.54, 1.807) is 0 Å². The van der Waals surface area contributed by atoms with Gasteiger partial charge in [0.25, 0.3) is 0 Å². The molecule has 0 saturated carbocycles. The van der Waals surface area contributed by atoms with Crippen LogP contribution in [-0.2, 0) is 6.54 Å². The third-order valence-electron chi connectivity index (χ3n) is 5.20. The normalized spacial score (nSPS) is 16.7. The van der Waals surface area contributed by atoms with Gasteiger partial charge in [-0.2, -0.15) is 0 Å². The Balaban J connectivity index is 1.43. The number of aliphatic imine (C=N–C) groups is 1. The van der Waals surface area contributed by atoms with Gasteiger partial charge < -0.3 is 18.9 Å². The van der Waals surface area contributed by atoms with Crippen LogP contribution in [0.3, 0.4) is 0 Å². The van der Waals surface area contributed by atoms with Gasteiger partial charge in [0.2, 0.25) is 12.7 Å². The lowest BCUT2D eigenvalue weighted by Gasteiger charge is -2.15. The summed E-state index contributed by atoms with van der Waals surface area (Å²) in [4.78, 5) is 11.9. The molecule has 27 heavy (non-hydrogen) atoms. The first-order chi connectivity index (χ1) is 13.4. The van der Waals surface area contributed by atoms with Gasteiger partial charge in [-0.3, -0.25) is 0 Å². The lowest BCUT2D eigenvalue weighted by Crippen LogP contribution is -2.24. The molecule has 0 spiro atoms. The zero-order chi connectivity index (χ0) is 18.1. The molecule has 0 amide bonds. The molecule has 5 rings (SSSR count). The Bertz CT molecular complexity index is 989. The van der Waals surface area contributed by atoms with Crippen LogP contribution in [0.4, 0.5) is 5.95 Å². The molecule has 1 aromatic heterocycles. The highest BCUT2D eigenvalue weighted by molar-refractivity contribution is 5.84. The van der Waals surface area contributed by atoms with Gasteiger partial charge in [-0.05, 0) is 61.8 Å². The number of fused-ring (bicyclic) bond motifs is 2. The second-order valence-corrected chi connectivity index (χ2v) is 6.97. The van der Waals surface area contributed by atoms with Crippen molar-refractivity contribution in [2.75, 3.05) is 26.4 Å². The first-order valence-corrected chi connectivity index (χ1v) is 9.48. The predicted molar refractivity (Wildman–Crippen MR) is 105 cm³/mol. The van der Waals surface area contributed by atoms with E-state index in [1.165, 1.54) is 25.9 Å². The van der Waals surface area contributed by atoms with E-state index in [1.807, 2.05) is 36.5 Å². The summed E-state index contributed by atoms with van der Waals surface area (Å²) in [6, 6.07) is 14.1. The van der Waals surface area contributed by atoms with Crippen molar-refractivity contribution < 1.29 is 9.47 Å². The molecule has 0 radical (unpaired) electrons. The number of hydrogen-bond acceptors (Lipinski definition) is 5. The Labute approximate surface area is 158 Å². The van der Waals surface area contributed by atoms with E-state index in [0.717, 1.165) is 47.1 Å². The third-order valence-corrected chi connectivity index (χ3v) is 5.20. The van der Waals surface area contributed by atoms with Gasteiger partial charge in [0.15, 0.2) is 11.5 Å². The summed E-state index contributed by atoms with van der Waals surface area (Å²) in [5.74, 6) is 2.29. The molecular formula is C21H22N4O2. The van der Waals surface area contributed by atoms with Crippen molar-refractivity contribution in [3.63, 3.8) is 0 Å². The Morgan fingerprint density at radius 1 is 1.00 bits per heavy atom. The van der Waals surface area contributed by atoms with Crippen molar-refractivity contribution in [1.82, 2.24) is 14.5 Å². The molecule has 0 bridgehead atoms. The van der Waals surface area contributed by atoms with Crippen LogP contribution in [0.25, 0.3) is 11.0 Å². The molecule has 6 nitrogen and oxygen atoms in total. The zero-order valence-electron chi connectivity index (χ0n) is 15.2. The third kappa shape index (κ3) is 3.28. The number of hydrogen-bond donors (Lipinski definition) is 0. The van der Waals surface area contributed by atoms with E-state index in [9.17, 15) is 0 Å². The van der Waals surface area contributed by atoms with E-state index in [4.69, 9.17) is 19.5 Å². The van der Waals surface area contributed by atoms with Gasteiger partial charge in [0.1, 0.15) is 0 Å². The molecule has 0 atom stereocenters. The summed E-state index contributed by atoms with van der Waals surface area (Å²) in [6.07, 6.45) is 4.45. The molecular weight excluding hydrogens is 340 g/mol. The molecule has 3 aromatic rings. The first kappa shape index (κ1) is 16.3. The maximum absolute atomic E-state index is 5.45. The maximum atomic E-state index is 5.45. The minimum absolute atomic E-state index is 0.280. The molecule has 3 heterocycles. The molecule has 0 N–H and O–H groups in total. The van der Waals surface area contributed by atoms with Gasteiger partial charge in [-0.15, -0.1) is 0 Å². The summed E-state index contributed by atoms with van der Waals surface area (Å²) >= 11 is 0. The van der Waals surface area contributed by atoms with Crippen LogP contribution < -0.4 is 9.47 Å². The number of aromatic nitrogens is 2. The number of benzene rings is 2. The number of ether oxygens (including phenoxy) is 2. The van der Waals surface area contributed by atoms with E-state index in [-0.39, 0.29) is 6.79 Å². The van der Waals surface area contributed by atoms with E-state index in [0.29, 0.717) is 0 Å². The summed E-state index contributed by atoms with van der Waals surface area (Å²) in [5.41, 5.74) is 3.09. The van der Waals surface area contributed by atoms with Gasteiger partial charge in [0.05, 0.1) is 11.0 Å². The fourth-order valence-electron chi connectivity index (χ4n) is 3.76. The van der Waals surface area contributed by atoms with Gasteiger partial charge in [-0.25, -0.2) is 9.98 Å². The molecule has 1 saturated heterocycles. The summed E-state index contributed by atoms with van der Waals surface area (Å²) in [7, 11) is 0. The zero-order valence-corrected chi connectivity index (χ0v) is 15.2. The largest absolute Gasteiger partial charge is 0.454 e. The lowest BCUT2D eigenvalue weighted by atomic mass is 10.2. The van der Waals surface area contributed by atoms with Crippen molar-refractivity contribution >= 4 is 23.2 Å². The number of rotatable bonds is 5. The topological polar surface area (TPSA) is 51.9 Å². The number of imidazole rings is 1. The number of nitrogens with zero attached hydrogens (tertiary/aromatic N) is 4. The molecule has 2 aliphatic rings. The fraction of sp³-hybridized carbons (Fsp3) is 0.333. The Morgan fingerprint density at radius 3 is 2.78 bits per heavy atom. The molecule has 0 aliphatic carbocycles. The van der Waals surface area contributed by atoms with Crippen molar-refractivity contribution in [3.05, 3.63) is 48.0 Å². The van der Waals surface area contributed by atoms with Gasteiger partial charge in [-0.1, -0.05) is 12.1 Å². The van der Waals surface area contributed by atoms with Crippen LogP contribution in [0.15, 0.2) is 47.5 Å². The average Bonchev–Trinajstić information content (AvgIpc) is 3.43. The summed E-state index contributed by atoms with van der Waals surface area (Å²) < 4.78 is 13.0. The first-order valence-electron chi connectivity index (χ1n) is 9.48. The molecule has 2 aliphatic heterocycles. The van der Waals surface area contributed by atoms with Crippen LogP contribution in [0.2, 0.25) is 0 Å². The molecule has 138 valence electrons. The smallest absolute Gasteiger partial charge is 0.231 e. The highest BCUT2D eigenvalue weighted by atomic mass is 16.7.